The molecule has 0 amide bonds. The zero-order chi connectivity index (χ0) is 20.4. The lowest BCUT2D eigenvalue weighted by molar-refractivity contribution is 0.241. The minimum absolute atomic E-state index is 0.150. The fraction of sp³-hybridized carbons (Fsp3) is 0.318. The van der Waals surface area contributed by atoms with Crippen molar-refractivity contribution in [2.24, 2.45) is 0 Å². The van der Waals surface area contributed by atoms with E-state index in [-0.39, 0.29) is 5.56 Å². The molecule has 0 N–H and O–H groups in total. The Morgan fingerprint density at radius 2 is 1.59 bits per heavy atom. The summed E-state index contributed by atoms with van der Waals surface area (Å²) in [5.74, 6) is 0. The second-order valence-electron chi connectivity index (χ2n) is 7.17. The minimum Gasteiger partial charge on any atom is -0.369 e. The van der Waals surface area contributed by atoms with Crippen LogP contribution in [0.25, 0.3) is 5.69 Å². The maximum absolute atomic E-state index is 12.9. The topological polar surface area (TPSA) is 33.4 Å². The summed E-state index contributed by atoms with van der Waals surface area (Å²) >= 11 is 10.0. The van der Waals surface area contributed by atoms with E-state index in [0.717, 1.165) is 42.0 Å². The van der Waals surface area contributed by atoms with Crippen LogP contribution in [0.4, 0.5) is 5.69 Å². The molecular weight excluding hydrogens is 452 g/mol. The van der Waals surface area contributed by atoms with Crippen molar-refractivity contribution in [2.45, 2.75) is 20.0 Å². The Bertz CT molecular complexity index is 1020. The maximum Gasteiger partial charge on any atom is 0.290 e. The van der Waals surface area contributed by atoms with Gasteiger partial charge in [-0.3, -0.25) is 14.4 Å². The molecule has 29 heavy (non-hydrogen) atoms. The van der Waals surface area contributed by atoms with Gasteiger partial charge >= 0.3 is 0 Å². The van der Waals surface area contributed by atoms with Gasteiger partial charge in [-0.25, -0.2) is 4.68 Å². The first kappa shape index (κ1) is 20.3. The third-order valence-electron chi connectivity index (χ3n) is 5.42. The summed E-state index contributed by atoms with van der Waals surface area (Å²) in [5.41, 5.74) is 2.82. The zero-order valence-corrected chi connectivity index (χ0v) is 18.7. The molecule has 2 aromatic carbocycles. The van der Waals surface area contributed by atoms with E-state index in [2.05, 4.69) is 50.0 Å². The summed E-state index contributed by atoms with van der Waals surface area (Å²) < 4.78 is 4.78. The van der Waals surface area contributed by atoms with Crippen molar-refractivity contribution in [1.82, 2.24) is 14.3 Å². The lowest BCUT2D eigenvalue weighted by atomic mass is 10.2. The van der Waals surface area contributed by atoms with Crippen LogP contribution in [0.3, 0.4) is 0 Å². The van der Waals surface area contributed by atoms with Gasteiger partial charge in [0.1, 0.15) is 5.02 Å². The molecule has 7 heteroatoms. The Kier molecular flexibility index (Phi) is 6.13. The van der Waals surface area contributed by atoms with Crippen molar-refractivity contribution < 1.29 is 0 Å². The highest BCUT2D eigenvalue weighted by molar-refractivity contribution is 9.10. The van der Waals surface area contributed by atoms with E-state index in [9.17, 15) is 4.79 Å². The predicted octanol–water partition coefficient (Wildman–Crippen LogP) is 4.40. The normalized spacial score (nSPS) is 15.1. The molecule has 1 fully saturated rings. The highest BCUT2D eigenvalue weighted by atomic mass is 79.9. The van der Waals surface area contributed by atoms with Gasteiger partial charge < -0.3 is 4.90 Å². The number of halogens is 2. The molecule has 1 saturated heterocycles. The molecule has 1 aliphatic rings. The molecule has 0 saturated carbocycles. The van der Waals surface area contributed by atoms with E-state index in [1.807, 2.05) is 41.9 Å². The molecule has 1 aliphatic heterocycles. The van der Waals surface area contributed by atoms with Gasteiger partial charge in [0.2, 0.25) is 0 Å². The highest BCUT2D eigenvalue weighted by Crippen LogP contribution is 2.22. The van der Waals surface area contributed by atoms with Crippen LogP contribution in [-0.2, 0) is 13.1 Å². The first-order chi connectivity index (χ1) is 14.1. The minimum atomic E-state index is -0.150. The number of benzene rings is 2. The molecule has 4 rings (SSSR count). The largest absolute Gasteiger partial charge is 0.369 e. The van der Waals surface area contributed by atoms with Crippen LogP contribution in [0.5, 0.6) is 0 Å². The summed E-state index contributed by atoms with van der Waals surface area (Å²) in [5, 5.41) is 0.325. The third kappa shape index (κ3) is 4.15. The van der Waals surface area contributed by atoms with E-state index in [1.165, 1.54) is 5.69 Å². The molecule has 3 aromatic rings. The highest BCUT2D eigenvalue weighted by Gasteiger charge is 2.23. The number of rotatable bonds is 5. The maximum atomic E-state index is 12.9. The van der Waals surface area contributed by atoms with Crippen LogP contribution in [0.15, 0.2) is 63.9 Å². The lowest BCUT2D eigenvalue weighted by Gasteiger charge is -2.36. The Balaban J connectivity index is 1.52. The van der Waals surface area contributed by atoms with Crippen molar-refractivity contribution in [1.29, 1.82) is 0 Å². The van der Waals surface area contributed by atoms with Crippen LogP contribution in [0.1, 0.15) is 12.6 Å². The molecule has 1 aromatic heterocycles. The molecule has 0 radical (unpaired) electrons. The van der Waals surface area contributed by atoms with Crippen molar-refractivity contribution in [2.75, 3.05) is 31.1 Å². The fourth-order valence-corrected chi connectivity index (χ4v) is 4.40. The van der Waals surface area contributed by atoms with Gasteiger partial charge in [0.15, 0.2) is 0 Å². The second-order valence-corrected chi connectivity index (χ2v) is 8.46. The number of aromatic nitrogens is 2. The number of para-hydroxylation sites is 1. The van der Waals surface area contributed by atoms with E-state index in [0.29, 0.717) is 18.1 Å². The van der Waals surface area contributed by atoms with Crippen molar-refractivity contribution in [3.8, 4) is 5.69 Å². The molecular formula is C22H24BrClN4O. The van der Waals surface area contributed by atoms with Crippen LogP contribution in [0, 0.1) is 0 Å². The number of hydrogen-bond acceptors (Lipinski definition) is 3. The standard InChI is InChI=1S/C22H24BrClN4O/c1-2-27-20(21(24)22(29)28(27)19-6-4-3-5-7-19)16-25-12-14-26(15-13-25)18-10-8-17(23)9-11-18/h3-11H,2,12-16H2,1H3. The number of piperazine rings is 1. The quantitative estimate of drug-likeness (QED) is 0.548. The van der Waals surface area contributed by atoms with Gasteiger partial charge in [0.05, 0.1) is 11.4 Å². The monoisotopic (exact) mass is 474 g/mol. The van der Waals surface area contributed by atoms with E-state index in [1.54, 1.807) is 4.68 Å². The molecule has 0 atom stereocenters. The summed E-state index contributed by atoms with van der Waals surface area (Å²) in [6.07, 6.45) is 0. The molecule has 152 valence electrons. The van der Waals surface area contributed by atoms with Crippen LogP contribution >= 0.6 is 27.5 Å². The third-order valence-corrected chi connectivity index (χ3v) is 6.33. The molecule has 0 spiro atoms. The van der Waals surface area contributed by atoms with Gasteiger partial charge in [-0.1, -0.05) is 45.7 Å². The molecule has 2 heterocycles. The zero-order valence-electron chi connectivity index (χ0n) is 16.4. The van der Waals surface area contributed by atoms with E-state index >= 15 is 0 Å². The summed E-state index contributed by atoms with van der Waals surface area (Å²) in [7, 11) is 0. The molecule has 0 bridgehead atoms. The van der Waals surface area contributed by atoms with Crippen molar-refractivity contribution in [3.05, 3.63) is 80.1 Å². The Labute approximate surface area is 184 Å². The van der Waals surface area contributed by atoms with Crippen LogP contribution in [0.2, 0.25) is 5.02 Å². The number of nitrogens with zero attached hydrogens (tertiary/aromatic N) is 4. The Morgan fingerprint density at radius 1 is 0.931 bits per heavy atom. The number of anilines is 1. The van der Waals surface area contributed by atoms with Gasteiger partial charge in [0, 0.05) is 49.4 Å². The average Bonchev–Trinajstić information content (AvgIpc) is 3.00. The van der Waals surface area contributed by atoms with Gasteiger partial charge in [-0.15, -0.1) is 0 Å². The Hall–Kier alpha value is -2.02. The molecule has 5 nitrogen and oxygen atoms in total. The summed E-state index contributed by atoms with van der Waals surface area (Å²) in [4.78, 5) is 17.6. The predicted molar refractivity (Wildman–Crippen MR) is 122 cm³/mol. The SMILES string of the molecule is CCn1c(CN2CCN(c3ccc(Br)cc3)CC2)c(Cl)c(=O)n1-c1ccccc1. The first-order valence-corrected chi connectivity index (χ1v) is 11.0. The van der Waals surface area contributed by atoms with Gasteiger partial charge in [-0.05, 0) is 43.3 Å². The average molecular weight is 476 g/mol. The fourth-order valence-electron chi connectivity index (χ4n) is 3.90. The molecule has 0 aliphatic carbocycles. The lowest BCUT2D eigenvalue weighted by Crippen LogP contribution is -2.46. The van der Waals surface area contributed by atoms with E-state index in [4.69, 9.17) is 11.6 Å². The van der Waals surface area contributed by atoms with Crippen LogP contribution in [-0.4, -0.2) is 40.4 Å². The van der Waals surface area contributed by atoms with E-state index < -0.39 is 0 Å². The van der Waals surface area contributed by atoms with Crippen LogP contribution < -0.4 is 10.5 Å². The molecule has 0 unspecified atom stereocenters. The van der Waals surface area contributed by atoms with Gasteiger partial charge in [0.25, 0.3) is 5.56 Å². The summed E-state index contributed by atoms with van der Waals surface area (Å²) in [6.45, 7) is 7.18. The van der Waals surface area contributed by atoms with Crippen molar-refractivity contribution in [3.63, 3.8) is 0 Å². The number of hydrogen-bond donors (Lipinski definition) is 0. The van der Waals surface area contributed by atoms with Gasteiger partial charge in [-0.2, -0.15) is 0 Å². The van der Waals surface area contributed by atoms with Crippen molar-refractivity contribution >= 4 is 33.2 Å². The summed E-state index contributed by atoms with van der Waals surface area (Å²) in [6, 6.07) is 18.1. The first-order valence-electron chi connectivity index (χ1n) is 9.87. The second kappa shape index (κ2) is 8.78. The smallest absolute Gasteiger partial charge is 0.290 e. The Morgan fingerprint density at radius 3 is 2.21 bits per heavy atom.